The second-order valence-electron chi connectivity index (χ2n) is 6.52. The lowest BCUT2D eigenvalue weighted by molar-refractivity contribution is 0.206. The number of rotatable bonds is 7. The number of carbonyl (C=O) groups excluding carboxylic acids is 1. The molecule has 2 N–H and O–H groups in total. The normalized spacial score (nSPS) is 11.0. The van der Waals surface area contributed by atoms with E-state index in [0.717, 1.165) is 22.1 Å². The number of amides is 2. The van der Waals surface area contributed by atoms with Gasteiger partial charge in [-0.15, -0.1) is 11.3 Å². The molecule has 0 aliphatic heterocycles. The van der Waals surface area contributed by atoms with E-state index >= 15 is 0 Å². The molecule has 9 heteroatoms. The minimum Gasteiger partial charge on any atom is -0.338 e. The Morgan fingerprint density at radius 2 is 2.22 bits per heavy atom. The molecule has 3 aromatic heterocycles. The van der Waals surface area contributed by atoms with Crippen molar-refractivity contribution in [3.8, 4) is 11.4 Å². The summed E-state index contributed by atoms with van der Waals surface area (Å²) in [5.41, 5.74) is 1.77. The lowest BCUT2D eigenvalue weighted by atomic mass is 10.2. The Kier molecular flexibility index (Phi) is 6.12. The van der Waals surface area contributed by atoms with E-state index in [1.54, 1.807) is 35.7 Å². The summed E-state index contributed by atoms with van der Waals surface area (Å²) in [6.45, 7) is 5.19. The van der Waals surface area contributed by atoms with E-state index in [1.807, 2.05) is 17.5 Å². The van der Waals surface area contributed by atoms with Crippen molar-refractivity contribution in [3.05, 3.63) is 46.4 Å². The van der Waals surface area contributed by atoms with Gasteiger partial charge in [0.25, 0.3) is 0 Å². The minimum atomic E-state index is -0.138. The van der Waals surface area contributed by atoms with Crippen LogP contribution in [0.15, 0.2) is 29.9 Å². The minimum absolute atomic E-state index is 0.138. The molecule has 3 aromatic rings. The summed E-state index contributed by atoms with van der Waals surface area (Å²) in [6, 6.07) is 3.61. The van der Waals surface area contributed by atoms with Crippen molar-refractivity contribution in [2.24, 2.45) is 0 Å². The summed E-state index contributed by atoms with van der Waals surface area (Å²) in [5.74, 6) is 1.73. The van der Waals surface area contributed by atoms with Gasteiger partial charge in [-0.25, -0.2) is 14.8 Å². The number of hydrogen-bond acceptors (Lipinski definition) is 6. The highest BCUT2D eigenvalue weighted by Gasteiger charge is 2.13. The number of pyridine rings is 1. The van der Waals surface area contributed by atoms with E-state index in [9.17, 15) is 4.79 Å². The first-order chi connectivity index (χ1) is 13.0. The second kappa shape index (κ2) is 8.72. The van der Waals surface area contributed by atoms with E-state index < -0.39 is 0 Å². The molecule has 0 aromatic carbocycles. The maximum atomic E-state index is 12.2. The first kappa shape index (κ1) is 19.0. The summed E-state index contributed by atoms with van der Waals surface area (Å²) in [4.78, 5) is 26.9. The van der Waals surface area contributed by atoms with Crippen LogP contribution in [0.3, 0.4) is 0 Å². The summed E-state index contributed by atoms with van der Waals surface area (Å²) in [7, 11) is 1.76. The van der Waals surface area contributed by atoms with Crippen LogP contribution in [0.1, 0.15) is 36.3 Å². The highest BCUT2D eigenvalue weighted by Crippen LogP contribution is 2.19. The van der Waals surface area contributed by atoms with Gasteiger partial charge in [0.05, 0.1) is 17.2 Å². The standard InChI is InChI=1S/C18H23N7OS/c1-12(2)17-21-14(11-27-17)10-25(3)18(26)20-8-6-15-22-16(24-23-15)13-5-4-7-19-9-13/h4-5,7,9,11-12H,6,8,10H2,1-3H3,(H,20,26)(H,22,23,24). The van der Waals surface area contributed by atoms with Crippen LogP contribution in [0.2, 0.25) is 0 Å². The zero-order chi connectivity index (χ0) is 19.2. The number of aromatic nitrogens is 5. The fraction of sp³-hybridized carbons (Fsp3) is 0.389. The second-order valence-corrected chi connectivity index (χ2v) is 7.41. The van der Waals surface area contributed by atoms with Crippen LogP contribution in [0.5, 0.6) is 0 Å². The van der Waals surface area contributed by atoms with Crippen LogP contribution in [0, 0.1) is 0 Å². The van der Waals surface area contributed by atoms with E-state index in [2.05, 4.69) is 44.3 Å². The quantitative estimate of drug-likeness (QED) is 0.651. The lowest BCUT2D eigenvalue weighted by Crippen LogP contribution is -2.37. The van der Waals surface area contributed by atoms with Gasteiger partial charge >= 0.3 is 6.03 Å². The molecule has 27 heavy (non-hydrogen) atoms. The van der Waals surface area contributed by atoms with Crippen molar-refractivity contribution in [2.45, 2.75) is 32.7 Å². The third kappa shape index (κ3) is 5.10. The Morgan fingerprint density at radius 1 is 1.37 bits per heavy atom. The van der Waals surface area contributed by atoms with Crippen LogP contribution >= 0.6 is 11.3 Å². The zero-order valence-corrected chi connectivity index (χ0v) is 16.5. The van der Waals surface area contributed by atoms with Gasteiger partial charge in [0, 0.05) is 49.3 Å². The molecule has 8 nitrogen and oxygen atoms in total. The van der Waals surface area contributed by atoms with Crippen molar-refractivity contribution in [2.75, 3.05) is 13.6 Å². The first-order valence-electron chi connectivity index (χ1n) is 8.78. The number of thiazole rings is 1. The molecular weight excluding hydrogens is 362 g/mol. The van der Waals surface area contributed by atoms with Crippen molar-refractivity contribution < 1.29 is 4.79 Å². The molecule has 0 saturated heterocycles. The number of carbonyl (C=O) groups is 1. The van der Waals surface area contributed by atoms with E-state index in [-0.39, 0.29) is 6.03 Å². The number of aromatic amines is 1. The van der Waals surface area contributed by atoms with E-state index in [1.165, 1.54) is 0 Å². The predicted molar refractivity (Wildman–Crippen MR) is 104 cm³/mol. The molecule has 2 amide bonds. The lowest BCUT2D eigenvalue weighted by Gasteiger charge is -2.16. The first-order valence-corrected chi connectivity index (χ1v) is 9.66. The molecule has 0 bridgehead atoms. The number of H-pyrrole nitrogens is 1. The summed E-state index contributed by atoms with van der Waals surface area (Å²) in [5, 5.41) is 13.1. The van der Waals surface area contributed by atoms with Gasteiger partial charge in [0.2, 0.25) is 0 Å². The van der Waals surface area contributed by atoms with E-state index in [4.69, 9.17) is 0 Å². The Labute approximate surface area is 162 Å². The SMILES string of the molecule is CC(C)c1nc(CN(C)C(=O)NCCc2nc(-c3cccnc3)n[nH]2)cs1. The van der Waals surface area contributed by atoms with Gasteiger partial charge < -0.3 is 10.2 Å². The third-order valence-electron chi connectivity index (χ3n) is 3.90. The fourth-order valence-electron chi connectivity index (χ4n) is 2.43. The van der Waals surface area contributed by atoms with Crippen LogP contribution in [0.4, 0.5) is 4.79 Å². The van der Waals surface area contributed by atoms with Crippen molar-refractivity contribution >= 4 is 17.4 Å². The summed E-state index contributed by atoms with van der Waals surface area (Å²) < 4.78 is 0. The Morgan fingerprint density at radius 3 is 2.93 bits per heavy atom. The highest BCUT2D eigenvalue weighted by molar-refractivity contribution is 7.09. The molecule has 0 radical (unpaired) electrons. The number of nitrogens with zero attached hydrogens (tertiary/aromatic N) is 5. The largest absolute Gasteiger partial charge is 0.338 e. The molecule has 0 spiro atoms. The molecular formula is C18H23N7OS. The molecule has 3 rings (SSSR count). The van der Waals surface area contributed by atoms with Crippen LogP contribution in [0.25, 0.3) is 11.4 Å². The van der Waals surface area contributed by atoms with Gasteiger partial charge in [-0.3, -0.25) is 10.1 Å². The van der Waals surface area contributed by atoms with Crippen molar-refractivity contribution in [1.29, 1.82) is 0 Å². The summed E-state index contributed by atoms with van der Waals surface area (Å²) >= 11 is 1.63. The van der Waals surface area contributed by atoms with Gasteiger partial charge in [-0.1, -0.05) is 13.8 Å². The number of hydrogen-bond donors (Lipinski definition) is 2. The van der Waals surface area contributed by atoms with Crippen LogP contribution < -0.4 is 5.32 Å². The topological polar surface area (TPSA) is 99.7 Å². The predicted octanol–water partition coefficient (Wildman–Crippen LogP) is 2.83. The highest BCUT2D eigenvalue weighted by atomic mass is 32.1. The monoisotopic (exact) mass is 385 g/mol. The average Bonchev–Trinajstić information content (AvgIpc) is 3.32. The smallest absolute Gasteiger partial charge is 0.317 e. The van der Waals surface area contributed by atoms with Crippen LogP contribution in [-0.4, -0.2) is 49.7 Å². The molecule has 142 valence electrons. The van der Waals surface area contributed by atoms with Gasteiger partial charge in [0.1, 0.15) is 5.82 Å². The van der Waals surface area contributed by atoms with Crippen molar-refractivity contribution in [3.63, 3.8) is 0 Å². The van der Waals surface area contributed by atoms with Gasteiger partial charge in [-0.05, 0) is 12.1 Å². The molecule has 0 unspecified atom stereocenters. The van der Waals surface area contributed by atoms with Gasteiger partial charge in [-0.2, -0.15) is 5.10 Å². The third-order valence-corrected chi connectivity index (χ3v) is 5.09. The molecule has 0 aliphatic carbocycles. The summed E-state index contributed by atoms with van der Waals surface area (Å²) in [6.07, 6.45) is 3.99. The van der Waals surface area contributed by atoms with Crippen LogP contribution in [-0.2, 0) is 13.0 Å². The zero-order valence-electron chi connectivity index (χ0n) is 15.6. The van der Waals surface area contributed by atoms with Gasteiger partial charge in [0.15, 0.2) is 5.82 Å². The fourth-order valence-corrected chi connectivity index (χ4v) is 3.26. The Hall–Kier alpha value is -2.81. The number of urea groups is 1. The maximum absolute atomic E-state index is 12.2. The molecule has 3 heterocycles. The molecule has 0 saturated carbocycles. The average molecular weight is 385 g/mol. The Bertz CT molecular complexity index is 875. The Balaban J connectivity index is 1.45. The molecule has 0 aliphatic rings. The maximum Gasteiger partial charge on any atom is 0.317 e. The van der Waals surface area contributed by atoms with Crippen molar-refractivity contribution in [1.82, 2.24) is 35.4 Å². The molecule has 0 fully saturated rings. The molecule has 0 atom stereocenters. The number of nitrogens with one attached hydrogen (secondary N) is 2. The van der Waals surface area contributed by atoms with E-state index in [0.29, 0.717) is 31.3 Å².